The maximum atomic E-state index is 2.51. The normalized spacial score (nSPS) is 14.6. The van der Waals surface area contributed by atoms with E-state index in [9.17, 15) is 0 Å². The second kappa shape index (κ2) is 18.3. The summed E-state index contributed by atoms with van der Waals surface area (Å²) in [6, 6.07) is 98.6. The van der Waals surface area contributed by atoms with Gasteiger partial charge in [-0.05, 0) is 162 Å². The quantitative estimate of drug-likeness (QED) is 0.140. The van der Waals surface area contributed by atoms with E-state index in [-0.39, 0.29) is 6.04 Å². The summed E-state index contributed by atoms with van der Waals surface area (Å²) < 4.78 is 2.39. The number of fused-ring (bicyclic) bond motifs is 6. The second-order valence-electron chi connectivity index (χ2n) is 19.7. The van der Waals surface area contributed by atoms with Crippen LogP contribution in [0.2, 0.25) is 0 Å². The topological polar surface area (TPSA) is 8.17 Å². The van der Waals surface area contributed by atoms with Crippen LogP contribution in [0.5, 0.6) is 0 Å². The fourth-order valence-corrected chi connectivity index (χ4v) is 11.6. The van der Waals surface area contributed by atoms with E-state index >= 15 is 0 Å². The van der Waals surface area contributed by atoms with E-state index in [2.05, 4.69) is 301 Å². The zero-order valence-electron chi connectivity index (χ0n) is 40.8. The van der Waals surface area contributed by atoms with E-state index < -0.39 is 0 Å². The number of hydrogen-bond acceptors (Lipinski definition) is 1. The van der Waals surface area contributed by atoms with Crippen LogP contribution in [-0.2, 0) is 0 Å². The average molecular weight is 943 g/mol. The van der Waals surface area contributed by atoms with Crippen molar-refractivity contribution in [1.29, 1.82) is 0 Å². The molecule has 1 aliphatic carbocycles. The van der Waals surface area contributed by atoms with Crippen LogP contribution < -0.4 is 4.90 Å². The Morgan fingerprint density at radius 2 is 0.595 bits per heavy atom. The first-order valence-corrected chi connectivity index (χ1v) is 25.7. The van der Waals surface area contributed by atoms with Gasteiger partial charge in [-0.15, -0.1) is 0 Å². The third-order valence-electron chi connectivity index (χ3n) is 15.3. The van der Waals surface area contributed by atoms with Crippen molar-refractivity contribution in [2.45, 2.75) is 12.0 Å². The number of para-hydroxylation sites is 3. The van der Waals surface area contributed by atoms with Crippen molar-refractivity contribution < 1.29 is 0 Å². The molecule has 2 heteroatoms. The summed E-state index contributed by atoms with van der Waals surface area (Å²) in [5.74, 6) is 0.334. The number of benzene rings is 11. The van der Waals surface area contributed by atoms with Crippen LogP contribution in [0.15, 0.2) is 291 Å². The Kier molecular flexibility index (Phi) is 10.7. The van der Waals surface area contributed by atoms with Gasteiger partial charge in [0, 0.05) is 33.8 Å². The minimum Gasteiger partial charge on any atom is -0.333 e. The summed E-state index contributed by atoms with van der Waals surface area (Å²) in [6.45, 7) is 0. The molecule has 1 aliphatic heterocycles. The van der Waals surface area contributed by atoms with Gasteiger partial charge in [-0.3, -0.25) is 0 Å². The molecule has 2 unspecified atom stereocenters. The third-order valence-corrected chi connectivity index (χ3v) is 15.3. The summed E-state index contributed by atoms with van der Waals surface area (Å²) in [5, 5.41) is 2.52. The minimum atomic E-state index is 0.245. The molecule has 0 spiro atoms. The van der Waals surface area contributed by atoms with Crippen molar-refractivity contribution in [2.75, 3.05) is 4.90 Å². The van der Waals surface area contributed by atoms with Crippen LogP contribution in [0.25, 0.3) is 105 Å². The first-order chi connectivity index (χ1) is 36.7. The molecule has 0 bridgehead atoms. The highest BCUT2D eigenvalue weighted by Crippen LogP contribution is 2.48. The predicted octanol–water partition coefficient (Wildman–Crippen LogP) is 19.2. The maximum Gasteiger partial charge on any atom is 0.0629 e. The van der Waals surface area contributed by atoms with Gasteiger partial charge in [0.05, 0.1) is 17.1 Å². The molecule has 2 nitrogen and oxygen atoms in total. The van der Waals surface area contributed by atoms with Crippen molar-refractivity contribution >= 4 is 33.2 Å². The van der Waals surface area contributed by atoms with Gasteiger partial charge in [-0.1, -0.05) is 212 Å². The molecule has 0 amide bonds. The van der Waals surface area contributed by atoms with Gasteiger partial charge >= 0.3 is 0 Å². The molecule has 12 aromatic rings. The molecule has 2 aliphatic rings. The molecule has 0 radical (unpaired) electrons. The first-order valence-electron chi connectivity index (χ1n) is 25.7. The summed E-state index contributed by atoms with van der Waals surface area (Å²) in [6.07, 6.45) is 9.07. The molecule has 2 atom stereocenters. The Morgan fingerprint density at radius 1 is 0.257 bits per heavy atom. The Bertz CT molecular complexity index is 3930. The molecular weight excluding hydrogens is 893 g/mol. The summed E-state index contributed by atoms with van der Waals surface area (Å²) in [5.41, 5.74) is 23.9. The van der Waals surface area contributed by atoms with Crippen molar-refractivity contribution in [3.05, 3.63) is 297 Å². The van der Waals surface area contributed by atoms with Crippen molar-refractivity contribution in [1.82, 2.24) is 4.57 Å². The fraction of sp³-hybridized carbons (Fsp3) is 0.0278. The van der Waals surface area contributed by atoms with Gasteiger partial charge in [0.15, 0.2) is 0 Å². The number of anilines is 2. The van der Waals surface area contributed by atoms with Gasteiger partial charge < -0.3 is 9.47 Å². The van der Waals surface area contributed by atoms with E-state index in [1.54, 1.807) is 0 Å². The molecule has 0 saturated heterocycles. The fourth-order valence-electron chi connectivity index (χ4n) is 11.6. The molecule has 0 fully saturated rings. The average Bonchev–Trinajstić information content (AvgIpc) is 4.01. The van der Waals surface area contributed by atoms with Crippen molar-refractivity contribution in [3.63, 3.8) is 0 Å². The smallest absolute Gasteiger partial charge is 0.0629 e. The zero-order valence-corrected chi connectivity index (χ0v) is 40.8. The Hall–Kier alpha value is -9.50. The van der Waals surface area contributed by atoms with E-state index in [0.29, 0.717) is 5.92 Å². The molecule has 74 heavy (non-hydrogen) atoms. The number of nitrogens with zero attached hydrogens (tertiary/aromatic N) is 2. The number of aromatic nitrogens is 1. The molecule has 11 aromatic carbocycles. The van der Waals surface area contributed by atoms with Gasteiger partial charge in [-0.2, -0.15) is 0 Å². The lowest BCUT2D eigenvalue weighted by Crippen LogP contribution is -2.28. The van der Waals surface area contributed by atoms with Crippen LogP contribution >= 0.6 is 0 Å². The van der Waals surface area contributed by atoms with Gasteiger partial charge in [0.1, 0.15) is 0 Å². The summed E-state index contributed by atoms with van der Waals surface area (Å²) in [7, 11) is 0. The van der Waals surface area contributed by atoms with E-state index in [1.165, 1.54) is 94.4 Å². The Morgan fingerprint density at radius 3 is 1.07 bits per heavy atom. The maximum absolute atomic E-state index is 2.51. The Labute approximate surface area is 432 Å². The zero-order chi connectivity index (χ0) is 49.0. The van der Waals surface area contributed by atoms with Gasteiger partial charge in [0.2, 0.25) is 0 Å². The predicted molar refractivity (Wildman–Crippen MR) is 312 cm³/mol. The third kappa shape index (κ3) is 7.76. The molecule has 14 rings (SSSR count). The van der Waals surface area contributed by atoms with E-state index in [1.807, 2.05) is 0 Å². The lowest BCUT2D eigenvalue weighted by atomic mass is 9.89. The van der Waals surface area contributed by atoms with Crippen molar-refractivity contribution in [3.8, 4) is 83.6 Å². The number of allylic oxidation sites excluding steroid dienone is 2. The highest BCUT2D eigenvalue weighted by atomic mass is 15.2. The van der Waals surface area contributed by atoms with Crippen LogP contribution in [-0.4, -0.2) is 10.6 Å². The molecule has 348 valence electrons. The van der Waals surface area contributed by atoms with Crippen LogP contribution in [0.3, 0.4) is 0 Å². The van der Waals surface area contributed by atoms with Gasteiger partial charge in [0.25, 0.3) is 0 Å². The minimum absolute atomic E-state index is 0.245. The highest BCUT2D eigenvalue weighted by molar-refractivity contribution is 6.09. The molecule has 0 N–H and O–H groups in total. The van der Waals surface area contributed by atoms with E-state index in [0.717, 1.165) is 27.9 Å². The lowest BCUT2D eigenvalue weighted by Gasteiger charge is -2.28. The van der Waals surface area contributed by atoms with Gasteiger partial charge in [-0.25, -0.2) is 0 Å². The SMILES string of the molecule is C1=CC2c3ccccc3N(c3ccc(-c4cc(-c5ccc(-n6c7ccccc7c7ccccc76)cc5)cc(-c5cc(-c6ccc(-c7ccccc7)cc6)cc(-c6ccc(-c7ccccc7)cc6)c5)c4)cc3)C2C=C1. The molecule has 1 aromatic heterocycles. The monoisotopic (exact) mass is 942 g/mol. The second-order valence-corrected chi connectivity index (χ2v) is 19.7. The van der Waals surface area contributed by atoms with E-state index in [4.69, 9.17) is 0 Å². The van der Waals surface area contributed by atoms with Crippen LogP contribution in [0.4, 0.5) is 11.4 Å². The number of rotatable bonds is 9. The van der Waals surface area contributed by atoms with Crippen LogP contribution in [0, 0.1) is 0 Å². The lowest BCUT2D eigenvalue weighted by molar-refractivity contribution is 0.745. The molecule has 0 saturated carbocycles. The summed E-state index contributed by atoms with van der Waals surface area (Å²) >= 11 is 0. The van der Waals surface area contributed by atoms with Crippen LogP contribution in [0.1, 0.15) is 11.5 Å². The van der Waals surface area contributed by atoms with Crippen molar-refractivity contribution in [2.24, 2.45) is 0 Å². The largest absolute Gasteiger partial charge is 0.333 e. The highest BCUT2D eigenvalue weighted by Gasteiger charge is 2.37. The summed E-state index contributed by atoms with van der Waals surface area (Å²) in [4.78, 5) is 2.51. The molecule has 2 heterocycles. The first kappa shape index (κ1) is 43.3. The number of hydrogen-bond donors (Lipinski definition) is 0. The molecular formula is C72H50N2. The Balaban J connectivity index is 0.907. The standard InChI is InChI=1S/C72H50N2/c1-3-15-49(16-4-1)51-27-31-53(32-28-51)57-43-58(54-33-29-52(30-34-54)50-17-5-2-6-18-50)46-61(45-57)62-47-59(55-35-39-63(40-36-55)73-69-23-11-7-19-65(69)66-20-8-12-24-70(66)73)44-60(48-62)56-37-41-64(42-38-56)74-71-25-13-9-21-67(71)68-22-10-14-26-72(68)74/h1-48,65,69H.